The number of Topliss-reactive ketones (excluding diaryl/α,β-unsaturated/α-hetero) is 3. The minimum absolute atomic E-state index is 0.00415. The number of esters is 1. The Hall–Kier alpha value is -5.68. The molecule has 5 rings (SSSR count). The van der Waals surface area contributed by atoms with Crippen molar-refractivity contribution in [2.75, 3.05) is 51.1 Å². The van der Waals surface area contributed by atoms with Crippen molar-refractivity contribution in [3.8, 4) is 0 Å². The molecule has 484 valence electrons. The number of anilines is 1. The second kappa shape index (κ2) is 33.8. The Morgan fingerprint density at radius 3 is 2.37 bits per heavy atom. The van der Waals surface area contributed by atoms with Gasteiger partial charge in [-0.1, -0.05) is 75.1 Å². The van der Waals surface area contributed by atoms with Crippen LogP contribution in [0.1, 0.15) is 162 Å². The molecule has 0 spiro atoms. The lowest BCUT2D eigenvalue weighted by Crippen LogP contribution is -2.60. The summed E-state index contributed by atoms with van der Waals surface area (Å²) >= 11 is 7.86. The van der Waals surface area contributed by atoms with Crippen molar-refractivity contribution in [3.05, 3.63) is 52.1 Å². The number of ketones is 3. The van der Waals surface area contributed by atoms with Crippen molar-refractivity contribution >= 4 is 88.1 Å². The van der Waals surface area contributed by atoms with Gasteiger partial charge < -0.3 is 49.6 Å². The summed E-state index contributed by atoms with van der Waals surface area (Å²) in [7, 11) is 3.01. The number of nitrogens with one attached hydrogen (secondary N) is 3. The standard InChI is InChI=1S/C64H94ClN5O16S/c1-11-54(74)66-26-28-83-27-24-48(72)33-47(43(7)71)18-13-12-14-19-50(73)46-22-20-44(21-23-46)37-67-60(79)52(34-57(77)78)87-29-25-55(75)69(9)42(6)61(80)85-53-35-56(76)70(10)49-32-45(31-39(3)58(49)65)30-38(2)16-15-17-40(4)64(82)36-51(84-62(81)68-64)41(5)59-63(53,8)86-59/h15-17,31-32,40-42,44,46-47,51-53,59,82H,11-14,18-30,33-37H2,1-10H3,(H,66,74)(H,67,79)(H,68,81)(H,77,78)/b17-15+,38-16+/t40?,41-,42+,44?,46?,47?,51?,52?,53+,59+,63+,64+/m1/s1. The lowest BCUT2D eigenvalue weighted by molar-refractivity contribution is -0.162. The molecule has 0 radical (unpaired) electrons. The highest BCUT2D eigenvalue weighted by molar-refractivity contribution is 8.00. The largest absolute Gasteiger partial charge is 0.481 e. The van der Waals surface area contributed by atoms with E-state index in [-0.39, 0.29) is 85.5 Å². The minimum atomic E-state index is -1.67. The topological polar surface area (TPSA) is 294 Å². The summed E-state index contributed by atoms with van der Waals surface area (Å²) < 4.78 is 23.7. The summed E-state index contributed by atoms with van der Waals surface area (Å²) in [4.78, 5) is 133. The molecule has 2 saturated heterocycles. The number of rotatable bonds is 29. The Labute approximate surface area is 521 Å². The number of hydrogen-bond acceptors (Lipinski definition) is 16. The van der Waals surface area contributed by atoms with Gasteiger partial charge in [-0.3, -0.25) is 43.7 Å². The number of carboxylic acids is 1. The number of hydrogen-bond donors (Lipinski definition) is 5. The maximum atomic E-state index is 14.4. The first-order chi connectivity index (χ1) is 41.1. The number of carbonyl (C=O) groups is 10. The lowest BCUT2D eigenvalue weighted by Gasteiger charge is -2.41. The predicted molar refractivity (Wildman–Crippen MR) is 330 cm³/mol. The Morgan fingerprint density at radius 1 is 0.977 bits per heavy atom. The van der Waals surface area contributed by atoms with E-state index in [0.29, 0.717) is 88.2 Å². The van der Waals surface area contributed by atoms with Gasteiger partial charge in [0, 0.05) is 95.1 Å². The second-order valence-electron chi connectivity index (χ2n) is 24.5. The number of carboxylic acid groups (broad SMARTS) is 1. The average molecular weight is 1260 g/mol. The monoisotopic (exact) mass is 1260 g/mol. The van der Waals surface area contributed by atoms with Gasteiger partial charge in [0.25, 0.3) is 0 Å². The van der Waals surface area contributed by atoms with Crippen molar-refractivity contribution in [2.45, 2.75) is 205 Å². The summed E-state index contributed by atoms with van der Waals surface area (Å²) in [6.45, 7) is 15.0. The number of benzene rings is 1. The molecule has 4 unspecified atom stereocenters. The molecule has 10 atom stereocenters. The third kappa shape index (κ3) is 21.5. The fraction of sp³-hybridized carbons (Fsp3) is 0.688. The van der Waals surface area contributed by atoms with E-state index in [2.05, 4.69) is 16.0 Å². The molecular weight excluding hydrogens is 1160 g/mol. The van der Waals surface area contributed by atoms with Crippen LogP contribution < -0.4 is 20.9 Å². The van der Waals surface area contributed by atoms with Crippen LogP contribution in [0.3, 0.4) is 0 Å². The zero-order chi connectivity index (χ0) is 64.3. The number of likely N-dealkylation sites (N-methyl/N-ethyl adjacent to an activating group) is 1. The number of ether oxygens (including phenoxy) is 4. The van der Waals surface area contributed by atoms with Crippen LogP contribution in [-0.4, -0.2) is 161 Å². The molecule has 1 aromatic carbocycles. The van der Waals surface area contributed by atoms with Crippen LogP contribution in [0.15, 0.2) is 35.9 Å². The summed E-state index contributed by atoms with van der Waals surface area (Å²) in [6, 6.07) is 2.60. The van der Waals surface area contributed by atoms with Gasteiger partial charge in [-0.05, 0) is 103 Å². The molecule has 5 N–H and O–H groups in total. The number of aliphatic hydroxyl groups is 1. The fourth-order valence-electron chi connectivity index (χ4n) is 11.6. The Morgan fingerprint density at radius 2 is 1.69 bits per heavy atom. The van der Waals surface area contributed by atoms with Gasteiger partial charge in [0.15, 0.2) is 0 Å². The van der Waals surface area contributed by atoms with Crippen LogP contribution in [0.25, 0.3) is 0 Å². The van der Waals surface area contributed by atoms with Gasteiger partial charge in [-0.2, -0.15) is 0 Å². The number of halogens is 1. The molecule has 3 heterocycles. The van der Waals surface area contributed by atoms with Gasteiger partial charge in [0.1, 0.15) is 46.9 Å². The molecule has 1 saturated carbocycles. The number of fused-ring (bicyclic) bond motifs is 5. The molecule has 3 fully saturated rings. The molecule has 4 aliphatic rings. The highest BCUT2D eigenvalue weighted by Gasteiger charge is 2.64. The van der Waals surface area contributed by atoms with Gasteiger partial charge in [-0.15, -0.1) is 11.8 Å². The van der Waals surface area contributed by atoms with E-state index >= 15 is 0 Å². The first kappa shape index (κ1) is 72.1. The zero-order valence-corrected chi connectivity index (χ0v) is 54.1. The van der Waals surface area contributed by atoms with E-state index in [9.17, 15) is 58.2 Å². The number of nitrogens with zero attached hydrogens (tertiary/aromatic N) is 2. The predicted octanol–water partition coefficient (Wildman–Crippen LogP) is 7.94. The Balaban J connectivity index is 1.10. The summed E-state index contributed by atoms with van der Waals surface area (Å²) in [5.41, 5.74) is 0.0887. The summed E-state index contributed by atoms with van der Waals surface area (Å²) in [6.07, 6.45) is 8.14. The smallest absolute Gasteiger partial charge is 0.409 e. The van der Waals surface area contributed by atoms with E-state index < -0.39 is 94.9 Å². The van der Waals surface area contributed by atoms with Crippen molar-refractivity contribution in [3.63, 3.8) is 0 Å². The second-order valence-corrected chi connectivity index (χ2v) is 26.2. The molecule has 1 aliphatic carbocycles. The highest BCUT2D eigenvalue weighted by Crippen LogP contribution is 2.49. The van der Waals surface area contributed by atoms with Gasteiger partial charge in [0.2, 0.25) is 23.6 Å². The molecule has 4 bridgehead atoms. The lowest BCUT2D eigenvalue weighted by atomic mass is 9.79. The van der Waals surface area contributed by atoms with E-state index in [4.69, 9.17) is 30.5 Å². The van der Waals surface area contributed by atoms with Crippen LogP contribution in [0.4, 0.5) is 10.5 Å². The van der Waals surface area contributed by atoms with Crippen LogP contribution in [0, 0.1) is 36.5 Å². The molecule has 1 aromatic rings. The third-order valence-electron chi connectivity index (χ3n) is 17.8. The molecule has 87 heavy (non-hydrogen) atoms. The SMILES string of the molecule is CCC(=O)NCCOCCC(=O)CC(CCCCCC(=O)C1CCC(CNC(=O)C(CC(=O)O)SCCC(=O)N(C)[C@@H](C)C(=O)O[C@H]2CC(=O)N(C)c3cc(cc(C)c3Cl)C/C(C)=C/C=C/C(C)[C@@]3(O)CC(OC(=O)N3)[C@@H](C)[C@@H]3O[C@@]23C)CC1)C(C)=O. The van der Waals surface area contributed by atoms with Crippen LogP contribution in [0.5, 0.6) is 0 Å². The fourth-order valence-corrected chi connectivity index (χ4v) is 12.9. The average Bonchev–Trinajstić information content (AvgIpc) is 1.82. The first-order valence-corrected chi connectivity index (χ1v) is 32.2. The number of aliphatic carboxylic acids is 1. The molecule has 0 aromatic heterocycles. The summed E-state index contributed by atoms with van der Waals surface area (Å²) in [5.74, 6) is -4.82. The van der Waals surface area contributed by atoms with Gasteiger partial charge in [0.05, 0.1) is 48.1 Å². The van der Waals surface area contributed by atoms with Crippen LogP contribution in [0.2, 0.25) is 5.02 Å². The van der Waals surface area contributed by atoms with Crippen LogP contribution >= 0.6 is 23.4 Å². The Bertz CT molecular complexity index is 2700. The number of carbonyl (C=O) groups excluding carboxylic acids is 9. The summed E-state index contributed by atoms with van der Waals surface area (Å²) in [5, 5.41) is 29.1. The number of thioether (sulfide) groups is 1. The van der Waals surface area contributed by atoms with Crippen molar-refractivity contribution in [1.82, 2.24) is 20.9 Å². The molecule has 5 amide bonds. The van der Waals surface area contributed by atoms with Crippen LogP contribution in [-0.2, 0) is 68.5 Å². The maximum Gasteiger partial charge on any atom is 0.409 e. The number of allylic oxidation sites excluding steroid dienone is 3. The number of alkyl carbamates (subject to hydrolysis) is 1. The van der Waals surface area contributed by atoms with E-state index in [0.717, 1.165) is 41.3 Å². The third-order valence-corrected chi connectivity index (χ3v) is 19.5. The van der Waals surface area contributed by atoms with Gasteiger partial charge >= 0.3 is 18.0 Å². The molecule has 23 heteroatoms. The first-order valence-electron chi connectivity index (χ1n) is 30.8. The van der Waals surface area contributed by atoms with Crippen molar-refractivity contribution < 1.29 is 77.1 Å². The van der Waals surface area contributed by atoms with Gasteiger partial charge in [-0.25, -0.2) is 9.59 Å². The zero-order valence-electron chi connectivity index (χ0n) is 52.5. The van der Waals surface area contributed by atoms with E-state index in [1.807, 2.05) is 38.1 Å². The number of aryl methyl sites for hydroxylation is 1. The highest BCUT2D eigenvalue weighted by atomic mass is 35.5. The molecule has 21 nitrogen and oxygen atoms in total. The molecule has 3 aliphatic heterocycles. The number of epoxide rings is 1. The molecular formula is C64H94ClN5O16S. The number of unbranched alkanes of at least 4 members (excludes halogenated alkanes) is 2. The van der Waals surface area contributed by atoms with Crippen molar-refractivity contribution in [2.24, 2.45) is 29.6 Å². The van der Waals surface area contributed by atoms with E-state index in [1.165, 1.54) is 30.7 Å². The number of amides is 5. The maximum absolute atomic E-state index is 14.4. The van der Waals surface area contributed by atoms with Crippen molar-refractivity contribution in [1.29, 1.82) is 0 Å². The minimum Gasteiger partial charge on any atom is -0.481 e. The quantitative estimate of drug-likeness (QED) is 0.0289. The van der Waals surface area contributed by atoms with E-state index in [1.54, 1.807) is 40.8 Å². The Kier molecular flexibility index (Phi) is 28.0. The normalized spacial score (nSPS) is 26.9.